The maximum atomic E-state index is 12.5. The molecule has 0 unspecified atom stereocenters. The molecule has 1 aliphatic heterocycles. The number of amides is 2. The van der Waals surface area contributed by atoms with E-state index in [2.05, 4.69) is 29.4 Å². The lowest BCUT2D eigenvalue weighted by Crippen LogP contribution is -2.47. The predicted octanol–water partition coefficient (Wildman–Crippen LogP) is 3.49. The molecule has 1 aliphatic rings. The van der Waals surface area contributed by atoms with Crippen molar-refractivity contribution in [2.75, 3.05) is 19.7 Å². The molecule has 2 amide bonds. The molecule has 0 radical (unpaired) electrons. The number of hydrogen-bond acceptors (Lipinski definition) is 5. The van der Waals surface area contributed by atoms with Crippen molar-refractivity contribution in [2.45, 2.75) is 52.5 Å². The lowest BCUT2D eigenvalue weighted by atomic mass is 10.1. The van der Waals surface area contributed by atoms with Gasteiger partial charge in [0.15, 0.2) is 0 Å². The minimum Gasteiger partial charge on any atom is -0.450 e. The van der Waals surface area contributed by atoms with E-state index in [1.165, 1.54) is 5.56 Å². The number of nitrogens with zero attached hydrogens (tertiary/aromatic N) is 2. The number of aryl methyl sites for hydroxylation is 2. The third-order valence-corrected chi connectivity index (χ3v) is 5.22. The van der Waals surface area contributed by atoms with Crippen molar-refractivity contribution < 1.29 is 18.7 Å². The lowest BCUT2D eigenvalue weighted by molar-refractivity contribution is -0.121. The fourth-order valence-corrected chi connectivity index (χ4v) is 3.45. The van der Waals surface area contributed by atoms with Crippen LogP contribution in [0.15, 0.2) is 28.7 Å². The second-order valence-corrected chi connectivity index (χ2v) is 7.28. The molecule has 1 aromatic heterocycles. The number of rotatable bonds is 6. The topological polar surface area (TPSA) is 84.7 Å². The van der Waals surface area contributed by atoms with Crippen molar-refractivity contribution >= 4 is 12.0 Å². The summed E-state index contributed by atoms with van der Waals surface area (Å²) < 4.78 is 10.8. The van der Waals surface area contributed by atoms with Gasteiger partial charge in [0.2, 0.25) is 11.8 Å². The normalized spacial score (nSPS) is 14.7. The van der Waals surface area contributed by atoms with E-state index in [9.17, 15) is 9.59 Å². The first-order chi connectivity index (χ1) is 14.0. The number of hydrogen-bond donors (Lipinski definition) is 1. The van der Waals surface area contributed by atoms with Gasteiger partial charge in [0, 0.05) is 24.7 Å². The van der Waals surface area contributed by atoms with Crippen LogP contribution in [-0.2, 0) is 22.4 Å². The molecule has 1 N–H and O–H groups in total. The van der Waals surface area contributed by atoms with Crippen LogP contribution in [0.5, 0.6) is 0 Å². The van der Waals surface area contributed by atoms with Crippen LogP contribution in [0.1, 0.15) is 43.7 Å². The Labute approximate surface area is 171 Å². The average Bonchev–Trinajstić information content (AvgIpc) is 3.09. The second kappa shape index (κ2) is 9.58. The van der Waals surface area contributed by atoms with Gasteiger partial charge in [0.1, 0.15) is 5.76 Å². The lowest BCUT2D eigenvalue weighted by Gasteiger charge is -2.31. The largest absolute Gasteiger partial charge is 0.450 e. The number of oxazole rings is 1. The summed E-state index contributed by atoms with van der Waals surface area (Å²) in [5.74, 6) is 1.12. The zero-order valence-corrected chi connectivity index (χ0v) is 17.4. The van der Waals surface area contributed by atoms with Crippen LogP contribution < -0.4 is 5.32 Å². The summed E-state index contributed by atoms with van der Waals surface area (Å²) in [5.41, 5.74) is 2.81. The summed E-state index contributed by atoms with van der Waals surface area (Å²) >= 11 is 0. The monoisotopic (exact) mass is 399 g/mol. The Morgan fingerprint density at radius 1 is 1.21 bits per heavy atom. The Hall–Kier alpha value is -2.83. The van der Waals surface area contributed by atoms with Crippen LogP contribution in [0, 0.1) is 6.92 Å². The van der Waals surface area contributed by atoms with E-state index in [0.717, 1.165) is 24.8 Å². The van der Waals surface area contributed by atoms with Crippen molar-refractivity contribution in [1.82, 2.24) is 15.2 Å². The van der Waals surface area contributed by atoms with E-state index in [4.69, 9.17) is 9.15 Å². The molecule has 0 spiro atoms. The molecule has 0 aliphatic carbocycles. The Balaban J connectivity index is 1.53. The van der Waals surface area contributed by atoms with E-state index < -0.39 is 0 Å². The Bertz CT molecular complexity index is 836. The highest BCUT2D eigenvalue weighted by Gasteiger charge is 2.25. The molecular formula is C22H29N3O4. The Morgan fingerprint density at radius 2 is 1.90 bits per heavy atom. The van der Waals surface area contributed by atoms with Crippen LogP contribution in [-0.4, -0.2) is 47.6 Å². The summed E-state index contributed by atoms with van der Waals surface area (Å²) in [6.45, 7) is 7.29. The molecule has 2 aromatic rings. The summed E-state index contributed by atoms with van der Waals surface area (Å²) in [5, 5.41) is 3.05. The molecule has 0 bridgehead atoms. The molecule has 1 fully saturated rings. The van der Waals surface area contributed by atoms with Gasteiger partial charge in [-0.2, -0.15) is 0 Å². The molecule has 29 heavy (non-hydrogen) atoms. The first kappa shape index (κ1) is 20.9. The first-order valence-corrected chi connectivity index (χ1v) is 10.3. The van der Waals surface area contributed by atoms with Gasteiger partial charge in [-0.25, -0.2) is 9.78 Å². The van der Waals surface area contributed by atoms with Gasteiger partial charge >= 0.3 is 6.09 Å². The van der Waals surface area contributed by atoms with Crippen LogP contribution in [0.25, 0.3) is 11.5 Å². The molecule has 0 saturated carbocycles. The summed E-state index contributed by atoms with van der Waals surface area (Å²) in [6.07, 6.45) is 2.32. The minimum atomic E-state index is -0.282. The summed E-state index contributed by atoms with van der Waals surface area (Å²) in [7, 11) is 0. The number of ether oxygens (including phenoxy) is 1. The zero-order chi connectivity index (χ0) is 20.8. The van der Waals surface area contributed by atoms with Crippen molar-refractivity contribution in [3.05, 3.63) is 41.3 Å². The zero-order valence-electron chi connectivity index (χ0n) is 17.4. The van der Waals surface area contributed by atoms with Gasteiger partial charge in [-0.1, -0.05) is 19.1 Å². The van der Waals surface area contributed by atoms with Crippen LogP contribution in [0.2, 0.25) is 0 Å². The molecule has 1 aromatic carbocycles. The summed E-state index contributed by atoms with van der Waals surface area (Å²) in [6, 6.07) is 8.16. The van der Waals surface area contributed by atoms with Gasteiger partial charge in [-0.05, 0) is 50.8 Å². The number of carbonyl (C=O) groups excluding carboxylic acids is 2. The third kappa shape index (κ3) is 5.37. The molecule has 7 heteroatoms. The Morgan fingerprint density at radius 3 is 2.52 bits per heavy atom. The SMILES string of the molecule is CCOC(=O)N1CCC(NC(=O)Cc2nc(-c3ccc(CC)cc3)oc2C)CC1. The summed E-state index contributed by atoms with van der Waals surface area (Å²) in [4.78, 5) is 30.5. The quantitative estimate of drug-likeness (QED) is 0.804. The average molecular weight is 399 g/mol. The Kier molecular flexibility index (Phi) is 6.90. The van der Waals surface area contributed by atoms with Crippen molar-refractivity contribution in [1.29, 1.82) is 0 Å². The van der Waals surface area contributed by atoms with E-state index in [-0.39, 0.29) is 24.5 Å². The highest BCUT2D eigenvalue weighted by Crippen LogP contribution is 2.23. The van der Waals surface area contributed by atoms with Gasteiger partial charge < -0.3 is 19.4 Å². The van der Waals surface area contributed by atoms with Crippen LogP contribution >= 0.6 is 0 Å². The second-order valence-electron chi connectivity index (χ2n) is 7.28. The molecule has 156 valence electrons. The molecule has 2 heterocycles. The maximum absolute atomic E-state index is 12.5. The van der Waals surface area contributed by atoms with Gasteiger partial charge in [0.05, 0.1) is 18.7 Å². The first-order valence-electron chi connectivity index (χ1n) is 10.3. The highest BCUT2D eigenvalue weighted by molar-refractivity contribution is 5.79. The maximum Gasteiger partial charge on any atom is 0.409 e. The van der Waals surface area contributed by atoms with Gasteiger partial charge in [-0.15, -0.1) is 0 Å². The molecule has 7 nitrogen and oxygen atoms in total. The van der Waals surface area contributed by atoms with Crippen LogP contribution in [0.3, 0.4) is 0 Å². The van der Waals surface area contributed by atoms with Crippen molar-refractivity contribution in [2.24, 2.45) is 0 Å². The van der Waals surface area contributed by atoms with Crippen molar-refractivity contribution in [3.8, 4) is 11.5 Å². The third-order valence-electron chi connectivity index (χ3n) is 5.22. The van der Waals surface area contributed by atoms with E-state index in [1.807, 2.05) is 19.1 Å². The predicted molar refractivity (Wildman–Crippen MR) is 110 cm³/mol. The highest BCUT2D eigenvalue weighted by atomic mass is 16.6. The number of carbonyl (C=O) groups is 2. The molecule has 1 saturated heterocycles. The molecule has 0 atom stereocenters. The fourth-order valence-electron chi connectivity index (χ4n) is 3.45. The molecule has 3 rings (SSSR count). The van der Waals surface area contributed by atoms with Crippen LogP contribution in [0.4, 0.5) is 4.79 Å². The fraction of sp³-hybridized carbons (Fsp3) is 0.500. The number of aromatic nitrogens is 1. The van der Waals surface area contributed by atoms with E-state index in [0.29, 0.717) is 37.0 Å². The number of nitrogens with one attached hydrogen (secondary N) is 1. The van der Waals surface area contributed by atoms with Gasteiger partial charge in [0.25, 0.3) is 0 Å². The van der Waals surface area contributed by atoms with Gasteiger partial charge in [-0.3, -0.25) is 4.79 Å². The number of piperidine rings is 1. The number of benzene rings is 1. The smallest absolute Gasteiger partial charge is 0.409 e. The number of likely N-dealkylation sites (tertiary alicyclic amines) is 1. The van der Waals surface area contributed by atoms with Crippen molar-refractivity contribution in [3.63, 3.8) is 0 Å². The van der Waals surface area contributed by atoms with E-state index in [1.54, 1.807) is 11.8 Å². The standard InChI is InChI=1S/C22H29N3O4/c1-4-16-6-8-17(9-7-16)21-24-19(15(3)29-21)14-20(26)23-18-10-12-25(13-11-18)22(27)28-5-2/h6-9,18H,4-5,10-14H2,1-3H3,(H,23,26). The minimum absolute atomic E-state index is 0.0569. The molecular weight excluding hydrogens is 370 g/mol. The van der Waals surface area contributed by atoms with E-state index >= 15 is 0 Å².